The van der Waals surface area contributed by atoms with Gasteiger partial charge in [0.25, 0.3) is 0 Å². The van der Waals surface area contributed by atoms with Crippen molar-refractivity contribution in [2.75, 3.05) is 6.61 Å². The molecule has 2 aliphatic rings. The normalized spacial score (nSPS) is 23.0. The largest absolute Gasteiger partial charge is 0.494 e. The van der Waals surface area contributed by atoms with Crippen molar-refractivity contribution in [2.45, 2.75) is 37.1 Å². The second-order valence-corrected chi connectivity index (χ2v) is 11.0. The molecule has 1 unspecified atom stereocenters. The molecule has 2 bridgehead atoms. The van der Waals surface area contributed by atoms with E-state index in [4.69, 9.17) is 21.1 Å². The van der Waals surface area contributed by atoms with E-state index in [1.807, 2.05) is 30.3 Å². The van der Waals surface area contributed by atoms with Gasteiger partial charge in [0.15, 0.2) is 0 Å². The van der Waals surface area contributed by atoms with Crippen molar-refractivity contribution >= 4 is 33.3 Å². The van der Waals surface area contributed by atoms with E-state index in [1.54, 1.807) is 43.5 Å². The summed E-state index contributed by atoms with van der Waals surface area (Å²) < 4.78 is 14.0. The summed E-state index contributed by atoms with van der Waals surface area (Å²) in [5.41, 5.74) is 0.228. The summed E-state index contributed by atoms with van der Waals surface area (Å²) in [6.07, 6.45) is 1.30. The molecule has 2 aromatic heterocycles. The van der Waals surface area contributed by atoms with Crippen LogP contribution in [0, 0.1) is 11.3 Å². The van der Waals surface area contributed by atoms with E-state index < -0.39 is 17.3 Å². The standard InChI is InChI=1S/C31H24ClN3O5/c1-30-25(36)15-31(40-30,11-13-39-24-10-12-34-22-14-18(32)7-8-21(22)24)27-26(30)28(37)35(29(27)38)23-9-6-17(16-33)19-4-2-3-5-20(19)23/h2-10,12,14,25,36-38H,11,13,15H2,1H3/t25?,30-,31+/m0/s1. The van der Waals surface area contributed by atoms with Crippen molar-refractivity contribution in [3.8, 4) is 29.3 Å². The van der Waals surface area contributed by atoms with Crippen LogP contribution in [-0.2, 0) is 15.9 Å². The number of ether oxygens (including phenoxy) is 2. The van der Waals surface area contributed by atoms with Crippen molar-refractivity contribution in [1.82, 2.24) is 9.55 Å². The third-order valence-electron chi connectivity index (χ3n) is 8.33. The smallest absolute Gasteiger partial charge is 0.205 e. The zero-order valence-corrected chi connectivity index (χ0v) is 22.2. The number of hydrogen-bond donors (Lipinski definition) is 3. The molecule has 0 spiro atoms. The Balaban J connectivity index is 1.30. The van der Waals surface area contributed by atoms with Crippen LogP contribution in [-0.4, -0.2) is 37.6 Å². The van der Waals surface area contributed by atoms with Crippen molar-refractivity contribution in [3.05, 3.63) is 88.6 Å². The Bertz CT molecular complexity index is 1900. The van der Waals surface area contributed by atoms with Crippen molar-refractivity contribution in [1.29, 1.82) is 5.26 Å². The SMILES string of the molecule is C[C@]12O[C@](CCOc3ccnc4cc(Cl)ccc34)(CC1O)c1c2c(O)n(-c2ccc(C#N)c3ccccc23)c1O. The quantitative estimate of drug-likeness (QED) is 0.252. The number of nitriles is 1. The number of benzene rings is 3. The highest BCUT2D eigenvalue weighted by Gasteiger charge is 2.66. The van der Waals surface area contributed by atoms with Crippen LogP contribution in [0.2, 0.25) is 5.02 Å². The summed E-state index contributed by atoms with van der Waals surface area (Å²) in [4.78, 5) is 4.36. The van der Waals surface area contributed by atoms with Gasteiger partial charge in [-0.1, -0.05) is 35.9 Å². The Morgan fingerprint density at radius 1 is 1.07 bits per heavy atom. The number of rotatable bonds is 5. The molecule has 8 nitrogen and oxygen atoms in total. The molecule has 3 atom stereocenters. The van der Waals surface area contributed by atoms with Crippen LogP contribution < -0.4 is 4.74 Å². The molecule has 7 rings (SSSR count). The molecule has 5 aromatic rings. The summed E-state index contributed by atoms with van der Waals surface area (Å²) in [5.74, 6) is 0.261. The Morgan fingerprint density at radius 2 is 1.85 bits per heavy atom. The van der Waals surface area contributed by atoms with Crippen molar-refractivity contribution in [3.63, 3.8) is 0 Å². The first kappa shape index (κ1) is 24.7. The number of aliphatic hydroxyl groups excluding tert-OH is 1. The lowest BCUT2D eigenvalue weighted by atomic mass is 9.76. The second kappa shape index (κ2) is 8.60. The average molecular weight is 554 g/mol. The van der Waals surface area contributed by atoms with Crippen LogP contribution in [0.25, 0.3) is 27.4 Å². The fraction of sp³-hybridized carbons (Fsp3) is 0.226. The Kier molecular flexibility index (Phi) is 5.32. The highest BCUT2D eigenvalue weighted by molar-refractivity contribution is 6.31. The molecule has 1 fully saturated rings. The molecule has 0 saturated carbocycles. The molecule has 40 heavy (non-hydrogen) atoms. The minimum absolute atomic E-state index is 0.165. The van der Waals surface area contributed by atoms with E-state index in [0.717, 1.165) is 5.39 Å². The molecule has 4 heterocycles. The third kappa shape index (κ3) is 3.29. The minimum Gasteiger partial charge on any atom is -0.494 e. The van der Waals surface area contributed by atoms with Gasteiger partial charge < -0.3 is 24.8 Å². The van der Waals surface area contributed by atoms with E-state index in [9.17, 15) is 20.6 Å². The number of aromatic nitrogens is 2. The maximum Gasteiger partial charge on any atom is 0.205 e. The average Bonchev–Trinajstić information content (AvgIpc) is 3.48. The molecular weight excluding hydrogens is 530 g/mol. The van der Waals surface area contributed by atoms with E-state index in [1.165, 1.54) is 4.57 Å². The summed E-state index contributed by atoms with van der Waals surface area (Å²) >= 11 is 6.12. The predicted octanol–water partition coefficient (Wildman–Crippen LogP) is 5.79. The molecule has 9 heteroatoms. The second-order valence-electron chi connectivity index (χ2n) is 10.5. The maximum atomic E-state index is 11.7. The molecule has 0 radical (unpaired) electrons. The van der Waals surface area contributed by atoms with Gasteiger partial charge in [-0.15, -0.1) is 0 Å². The summed E-state index contributed by atoms with van der Waals surface area (Å²) in [7, 11) is 0. The van der Waals surface area contributed by atoms with Crippen molar-refractivity contribution < 1.29 is 24.8 Å². The zero-order chi connectivity index (χ0) is 27.8. The molecule has 200 valence electrons. The topological polar surface area (TPSA) is 121 Å². The third-order valence-corrected chi connectivity index (χ3v) is 8.56. The van der Waals surface area contributed by atoms with Gasteiger partial charge in [-0.3, -0.25) is 9.55 Å². The summed E-state index contributed by atoms with van der Waals surface area (Å²) in [6, 6.07) is 20.1. The van der Waals surface area contributed by atoms with Gasteiger partial charge in [-0.05, 0) is 43.3 Å². The van der Waals surface area contributed by atoms with E-state index in [0.29, 0.717) is 55.9 Å². The molecule has 0 amide bonds. The number of aromatic hydroxyl groups is 2. The lowest BCUT2D eigenvalue weighted by molar-refractivity contribution is -0.107. The van der Waals surface area contributed by atoms with Gasteiger partial charge in [-0.25, -0.2) is 0 Å². The van der Waals surface area contributed by atoms with Crippen LogP contribution in [0.1, 0.15) is 36.5 Å². The molecule has 1 saturated heterocycles. The fourth-order valence-corrected chi connectivity index (χ4v) is 6.64. The first-order valence-electron chi connectivity index (χ1n) is 12.9. The van der Waals surface area contributed by atoms with Crippen LogP contribution in [0.4, 0.5) is 0 Å². The van der Waals surface area contributed by atoms with Crippen LogP contribution in [0.5, 0.6) is 17.5 Å². The van der Waals surface area contributed by atoms with Gasteiger partial charge in [-0.2, -0.15) is 5.26 Å². The Labute approximate surface area is 234 Å². The lowest BCUT2D eigenvalue weighted by Gasteiger charge is -2.26. The number of nitrogens with zero attached hydrogens (tertiary/aromatic N) is 3. The Morgan fingerprint density at radius 3 is 2.65 bits per heavy atom. The highest BCUT2D eigenvalue weighted by atomic mass is 35.5. The number of hydrogen-bond acceptors (Lipinski definition) is 7. The van der Waals surface area contributed by atoms with Crippen LogP contribution in [0.3, 0.4) is 0 Å². The van der Waals surface area contributed by atoms with Gasteiger partial charge in [0, 0.05) is 40.2 Å². The highest BCUT2D eigenvalue weighted by Crippen LogP contribution is 2.65. The predicted molar refractivity (Wildman–Crippen MR) is 149 cm³/mol. The number of fused-ring (bicyclic) bond motifs is 7. The van der Waals surface area contributed by atoms with Gasteiger partial charge in [0.05, 0.1) is 46.7 Å². The maximum absolute atomic E-state index is 11.7. The number of pyridine rings is 1. The minimum atomic E-state index is -1.22. The summed E-state index contributed by atoms with van der Waals surface area (Å²) in [6.45, 7) is 1.95. The number of halogens is 1. The van der Waals surface area contributed by atoms with E-state index in [-0.39, 0.29) is 24.8 Å². The molecular formula is C31H24ClN3O5. The summed E-state index contributed by atoms with van der Waals surface area (Å²) in [5, 5.41) is 46.7. The molecule has 0 aliphatic carbocycles. The first-order chi connectivity index (χ1) is 19.3. The van der Waals surface area contributed by atoms with Crippen LogP contribution in [0.15, 0.2) is 66.9 Å². The first-order valence-corrected chi connectivity index (χ1v) is 13.3. The lowest BCUT2D eigenvalue weighted by Crippen LogP contribution is -2.33. The molecule has 3 aromatic carbocycles. The molecule has 2 aliphatic heterocycles. The van der Waals surface area contributed by atoms with Gasteiger partial charge in [0.1, 0.15) is 17.0 Å². The zero-order valence-electron chi connectivity index (χ0n) is 21.4. The van der Waals surface area contributed by atoms with Crippen LogP contribution >= 0.6 is 11.6 Å². The van der Waals surface area contributed by atoms with Gasteiger partial charge in [0.2, 0.25) is 11.8 Å². The van der Waals surface area contributed by atoms with Crippen molar-refractivity contribution in [2.24, 2.45) is 0 Å². The molecule has 3 N–H and O–H groups in total. The Hall–Kier alpha value is -4.29. The van der Waals surface area contributed by atoms with Gasteiger partial charge >= 0.3 is 0 Å². The van der Waals surface area contributed by atoms with E-state index in [2.05, 4.69) is 11.1 Å². The number of aliphatic hydroxyl groups is 1. The monoisotopic (exact) mass is 553 g/mol. The van der Waals surface area contributed by atoms with E-state index >= 15 is 0 Å². The fourth-order valence-electron chi connectivity index (χ4n) is 6.47.